The second kappa shape index (κ2) is 5.48. The highest BCUT2D eigenvalue weighted by atomic mass is 32.2. The minimum Gasteiger partial charge on any atom is -0.508 e. The molecule has 1 aliphatic rings. The summed E-state index contributed by atoms with van der Waals surface area (Å²) in [6.07, 6.45) is 1.68. The maximum atomic E-state index is 12.4. The lowest BCUT2D eigenvalue weighted by molar-refractivity contribution is 0.196. The van der Waals surface area contributed by atoms with Gasteiger partial charge in [0.1, 0.15) is 5.75 Å². The summed E-state index contributed by atoms with van der Waals surface area (Å²) in [6, 6.07) is 6.28. The van der Waals surface area contributed by atoms with E-state index in [1.54, 1.807) is 6.07 Å². The van der Waals surface area contributed by atoms with Crippen LogP contribution in [0.4, 0.5) is 0 Å². The molecule has 5 nitrogen and oxygen atoms in total. The van der Waals surface area contributed by atoms with Gasteiger partial charge in [0.25, 0.3) is 0 Å². The van der Waals surface area contributed by atoms with E-state index in [1.165, 1.54) is 22.5 Å². The monoisotopic (exact) mass is 284 g/mol. The molecule has 0 spiro atoms. The van der Waals surface area contributed by atoms with E-state index in [2.05, 4.69) is 4.90 Å². The van der Waals surface area contributed by atoms with Gasteiger partial charge in [-0.15, -0.1) is 0 Å². The summed E-state index contributed by atoms with van der Waals surface area (Å²) < 4.78 is 26.3. The largest absolute Gasteiger partial charge is 0.508 e. The van der Waals surface area contributed by atoms with Crippen molar-refractivity contribution in [3.8, 4) is 5.75 Å². The average molecular weight is 284 g/mol. The van der Waals surface area contributed by atoms with Crippen LogP contribution in [-0.4, -0.2) is 56.0 Å². The Hall–Kier alpha value is -1.11. The number of sulfonamides is 1. The third-order valence-electron chi connectivity index (χ3n) is 3.61. The fourth-order valence-corrected chi connectivity index (χ4v) is 3.90. The van der Waals surface area contributed by atoms with Crippen molar-refractivity contribution in [2.24, 2.45) is 0 Å². The first-order valence-electron chi connectivity index (χ1n) is 6.37. The maximum Gasteiger partial charge on any atom is 0.243 e. The normalized spacial score (nSPS) is 18.9. The zero-order valence-electron chi connectivity index (χ0n) is 11.3. The Balaban J connectivity index is 2.14. The van der Waals surface area contributed by atoms with Gasteiger partial charge in [0, 0.05) is 19.1 Å². The van der Waals surface area contributed by atoms with Gasteiger partial charge in [-0.3, -0.25) is 0 Å². The minimum absolute atomic E-state index is 0.0238. The van der Waals surface area contributed by atoms with Gasteiger partial charge in [-0.2, -0.15) is 4.31 Å². The summed E-state index contributed by atoms with van der Waals surface area (Å²) in [7, 11) is 0.557. The van der Waals surface area contributed by atoms with Crippen LogP contribution in [-0.2, 0) is 10.0 Å². The molecule has 1 N–H and O–H groups in total. The summed E-state index contributed by atoms with van der Waals surface area (Å²) in [5.41, 5.74) is 0. The number of rotatable bonds is 3. The number of hydrogen-bond donors (Lipinski definition) is 1. The molecule has 0 unspecified atom stereocenters. The van der Waals surface area contributed by atoms with Gasteiger partial charge in [-0.05, 0) is 45.1 Å². The minimum atomic E-state index is -3.48. The molecule has 0 radical (unpaired) electrons. The van der Waals surface area contributed by atoms with Gasteiger partial charge < -0.3 is 10.0 Å². The average Bonchev–Trinajstić information content (AvgIpc) is 2.39. The van der Waals surface area contributed by atoms with Crippen LogP contribution in [0.1, 0.15) is 12.8 Å². The quantitative estimate of drug-likeness (QED) is 0.903. The van der Waals surface area contributed by atoms with E-state index in [0.717, 1.165) is 12.8 Å². The number of phenolic OH excluding ortho intramolecular Hbond substituents is 1. The fourth-order valence-electron chi connectivity index (χ4n) is 2.39. The molecule has 1 aromatic carbocycles. The molecule has 0 amide bonds. The van der Waals surface area contributed by atoms with Gasteiger partial charge in [0.2, 0.25) is 10.0 Å². The lowest BCUT2D eigenvalue weighted by atomic mass is 10.1. The van der Waals surface area contributed by atoms with E-state index in [4.69, 9.17) is 0 Å². The predicted octanol–water partition coefficient (Wildman–Crippen LogP) is 1.11. The highest BCUT2D eigenvalue weighted by molar-refractivity contribution is 7.89. The van der Waals surface area contributed by atoms with Crippen LogP contribution < -0.4 is 0 Å². The van der Waals surface area contributed by atoms with E-state index >= 15 is 0 Å². The van der Waals surface area contributed by atoms with Crippen molar-refractivity contribution in [3.63, 3.8) is 0 Å². The zero-order valence-corrected chi connectivity index (χ0v) is 12.1. The number of aromatic hydroxyl groups is 1. The maximum absolute atomic E-state index is 12.4. The van der Waals surface area contributed by atoms with Crippen LogP contribution in [0.2, 0.25) is 0 Å². The van der Waals surface area contributed by atoms with Gasteiger partial charge in [-0.25, -0.2) is 8.42 Å². The van der Waals surface area contributed by atoms with Crippen LogP contribution in [0.15, 0.2) is 29.2 Å². The van der Waals surface area contributed by atoms with E-state index in [0.29, 0.717) is 19.1 Å². The first kappa shape index (κ1) is 14.3. The Morgan fingerprint density at radius 3 is 2.42 bits per heavy atom. The predicted molar refractivity (Wildman–Crippen MR) is 73.6 cm³/mol. The Morgan fingerprint density at radius 2 is 1.89 bits per heavy atom. The van der Waals surface area contributed by atoms with Crippen LogP contribution in [0.3, 0.4) is 0 Å². The van der Waals surface area contributed by atoms with Crippen molar-refractivity contribution in [2.75, 3.05) is 27.2 Å². The number of nitrogens with zero attached hydrogens (tertiary/aromatic N) is 2. The number of hydrogen-bond acceptors (Lipinski definition) is 4. The standard InChI is InChI=1S/C13H20N2O3S/c1-14(2)11-6-8-15(9-7-11)19(17,18)13-5-3-4-12(16)10-13/h3-5,10-11,16H,6-9H2,1-2H3. The van der Waals surface area contributed by atoms with Crippen LogP contribution in [0, 0.1) is 0 Å². The molecule has 1 fully saturated rings. The van der Waals surface area contributed by atoms with Gasteiger partial charge >= 0.3 is 0 Å². The van der Waals surface area contributed by atoms with E-state index in [1.807, 2.05) is 14.1 Å². The van der Waals surface area contributed by atoms with E-state index in [-0.39, 0.29) is 10.6 Å². The molecular weight excluding hydrogens is 264 g/mol. The highest BCUT2D eigenvalue weighted by Crippen LogP contribution is 2.24. The Bertz CT molecular complexity index is 535. The first-order chi connectivity index (χ1) is 8.91. The third kappa shape index (κ3) is 3.08. The van der Waals surface area contributed by atoms with Crippen molar-refractivity contribution in [1.82, 2.24) is 9.21 Å². The molecule has 106 valence electrons. The van der Waals surface area contributed by atoms with Crippen molar-refractivity contribution < 1.29 is 13.5 Å². The third-order valence-corrected chi connectivity index (χ3v) is 5.50. The second-order valence-corrected chi connectivity index (χ2v) is 7.03. The summed E-state index contributed by atoms with van der Waals surface area (Å²) in [4.78, 5) is 2.30. The summed E-state index contributed by atoms with van der Waals surface area (Å²) in [5.74, 6) is -0.0238. The van der Waals surface area contributed by atoms with Crippen LogP contribution in [0.25, 0.3) is 0 Å². The summed E-state index contributed by atoms with van der Waals surface area (Å²) in [6.45, 7) is 1.06. The number of benzene rings is 1. The molecule has 1 aromatic rings. The molecule has 0 saturated carbocycles. The molecule has 0 atom stereocenters. The van der Waals surface area contributed by atoms with Crippen LogP contribution in [0.5, 0.6) is 5.75 Å². The SMILES string of the molecule is CN(C)C1CCN(S(=O)(=O)c2cccc(O)c2)CC1. The zero-order chi connectivity index (χ0) is 14.0. The molecule has 19 heavy (non-hydrogen) atoms. The lowest BCUT2D eigenvalue weighted by Gasteiger charge is -2.34. The number of piperidine rings is 1. The van der Waals surface area contributed by atoms with Gasteiger partial charge in [0.15, 0.2) is 0 Å². The Labute approximate surface area is 114 Å². The smallest absolute Gasteiger partial charge is 0.243 e. The lowest BCUT2D eigenvalue weighted by Crippen LogP contribution is -2.44. The first-order valence-corrected chi connectivity index (χ1v) is 7.81. The number of phenols is 1. The van der Waals surface area contributed by atoms with Crippen molar-refractivity contribution in [1.29, 1.82) is 0 Å². The molecule has 1 aliphatic heterocycles. The van der Waals surface area contributed by atoms with Gasteiger partial charge in [0.05, 0.1) is 4.90 Å². The molecule has 1 heterocycles. The molecule has 1 saturated heterocycles. The van der Waals surface area contributed by atoms with E-state index in [9.17, 15) is 13.5 Å². The van der Waals surface area contributed by atoms with E-state index < -0.39 is 10.0 Å². The second-order valence-electron chi connectivity index (χ2n) is 5.10. The van der Waals surface area contributed by atoms with Crippen molar-refractivity contribution >= 4 is 10.0 Å². The molecule has 0 aliphatic carbocycles. The molecular formula is C13H20N2O3S. The molecule has 6 heteroatoms. The molecule has 0 bridgehead atoms. The Kier molecular flexibility index (Phi) is 4.13. The molecule has 2 rings (SSSR count). The van der Waals surface area contributed by atoms with Crippen LogP contribution >= 0.6 is 0 Å². The highest BCUT2D eigenvalue weighted by Gasteiger charge is 2.30. The fraction of sp³-hybridized carbons (Fsp3) is 0.538. The van der Waals surface area contributed by atoms with Gasteiger partial charge in [-0.1, -0.05) is 6.07 Å². The van der Waals surface area contributed by atoms with Crippen molar-refractivity contribution in [2.45, 2.75) is 23.8 Å². The Morgan fingerprint density at radius 1 is 1.26 bits per heavy atom. The topological polar surface area (TPSA) is 60.9 Å². The summed E-state index contributed by atoms with van der Waals surface area (Å²) >= 11 is 0. The summed E-state index contributed by atoms with van der Waals surface area (Å²) in [5, 5.41) is 9.40. The molecule has 0 aromatic heterocycles. The van der Waals surface area contributed by atoms with Crippen molar-refractivity contribution in [3.05, 3.63) is 24.3 Å².